The van der Waals surface area contributed by atoms with Gasteiger partial charge >= 0.3 is 0 Å². The van der Waals surface area contributed by atoms with E-state index in [0.717, 1.165) is 12.1 Å². The van der Waals surface area contributed by atoms with Gasteiger partial charge in [0, 0.05) is 17.7 Å². The number of aliphatic hydroxyl groups is 1. The van der Waals surface area contributed by atoms with E-state index < -0.39 is 0 Å². The number of benzene rings is 3. The molecule has 0 fully saturated rings. The zero-order valence-electron chi connectivity index (χ0n) is 33.4. The molecule has 1 aliphatic carbocycles. The third-order valence-corrected chi connectivity index (χ3v) is 6.80. The van der Waals surface area contributed by atoms with Crippen molar-refractivity contribution in [3.63, 3.8) is 0 Å². The highest BCUT2D eigenvalue weighted by Gasteiger charge is 2.26. The van der Waals surface area contributed by atoms with E-state index >= 15 is 0 Å². The van der Waals surface area contributed by atoms with Crippen LogP contribution in [0.5, 0.6) is 0 Å². The first-order chi connectivity index (χ1) is 26.0. The van der Waals surface area contributed by atoms with Gasteiger partial charge in [0.25, 0.3) is 5.91 Å². The van der Waals surface area contributed by atoms with E-state index in [4.69, 9.17) is 0 Å². The summed E-state index contributed by atoms with van der Waals surface area (Å²) in [7, 11) is 0. The minimum absolute atomic E-state index is 0.0732. The molecule has 0 bridgehead atoms. The second-order valence-electron chi connectivity index (χ2n) is 10.5. The maximum absolute atomic E-state index is 13.6. The number of anilines is 3. The van der Waals surface area contributed by atoms with Gasteiger partial charge in [-0.25, -0.2) is 15.0 Å². The quantitative estimate of drug-likeness (QED) is 0.0624. The molecule has 53 heavy (non-hydrogen) atoms. The third-order valence-electron chi connectivity index (χ3n) is 6.80. The Morgan fingerprint density at radius 2 is 1.21 bits per heavy atom. The van der Waals surface area contributed by atoms with Gasteiger partial charge < -0.3 is 5.11 Å². The number of aliphatic hydroxyl groups excluding tert-OH is 1. The lowest BCUT2D eigenvalue weighted by Gasteiger charge is -2.34. The lowest BCUT2D eigenvalue weighted by atomic mass is 10.1. The Hall–Kier alpha value is -5.47. The maximum atomic E-state index is 13.6. The molecule has 0 radical (unpaired) electrons. The highest BCUT2D eigenvalue weighted by Crippen LogP contribution is 2.25. The summed E-state index contributed by atoms with van der Waals surface area (Å²) in [4.78, 5) is 39.2. The fraction of sp³-hybridized carbons (Fsp3) is 0.311. The molecule has 0 saturated heterocycles. The molecule has 0 aromatic heterocycles. The summed E-state index contributed by atoms with van der Waals surface area (Å²) in [5.74, 6) is -0.578. The number of hydrazine groups is 2. The van der Waals surface area contributed by atoms with E-state index in [1.54, 1.807) is 49.4 Å². The molecule has 1 N–H and O–H groups in total. The molecular weight excluding hydrogens is 661 g/mol. The van der Waals surface area contributed by atoms with E-state index in [9.17, 15) is 19.5 Å². The van der Waals surface area contributed by atoms with E-state index in [2.05, 4.69) is 13.8 Å². The van der Waals surface area contributed by atoms with Crippen LogP contribution in [0.15, 0.2) is 151 Å². The normalized spacial score (nSPS) is 11.5. The molecular formula is C45H62N4O4. The number of hydrogen-bond acceptors (Lipinski definition) is 5. The van der Waals surface area contributed by atoms with Crippen LogP contribution >= 0.6 is 0 Å². The fourth-order valence-corrected chi connectivity index (χ4v) is 4.62. The molecule has 1 aliphatic rings. The first-order valence-corrected chi connectivity index (χ1v) is 18.8. The van der Waals surface area contributed by atoms with Gasteiger partial charge in [0.2, 0.25) is 12.3 Å². The molecule has 0 heterocycles. The highest BCUT2D eigenvalue weighted by molar-refractivity contribution is 6.06. The van der Waals surface area contributed by atoms with E-state index in [1.165, 1.54) is 26.5 Å². The van der Waals surface area contributed by atoms with Crippen LogP contribution in [-0.4, -0.2) is 35.1 Å². The number of carbonyl (C=O) groups excluding carboxylic acids is 3. The molecule has 3 aromatic rings. The Morgan fingerprint density at radius 1 is 0.717 bits per heavy atom. The van der Waals surface area contributed by atoms with E-state index in [0.29, 0.717) is 35.5 Å². The fourth-order valence-electron chi connectivity index (χ4n) is 4.62. The van der Waals surface area contributed by atoms with E-state index in [-0.39, 0.29) is 25.0 Å². The molecule has 4 rings (SSSR count). The standard InChI is InChI=1S/C36H36N4O4.C3H8.3C2H6/c1-30(36(44)40(34-25-15-7-16-26-34)38(29-42)32-21-11-5-12-22-32)18-8-2-3-17-27-35(43)39(33-23-13-6-14-24-33)37(28-41)31-19-9-4-10-20-31;1-3-2;3*1-2/h2-11,13-21,23-26,29,41H,12,22,27-28H2,1H3;3H2,1-2H3;3*1-2H3/b8-2+,17-3+,30-18+;;;;. The molecule has 3 amide bonds. The van der Waals surface area contributed by atoms with Crippen LogP contribution in [0, 0.1) is 0 Å². The van der Waals surface area contributed by atoms with Gasteiger partial charge in [-0.05, 0) is 62.2 Å². The molecule has 0 spiro atoms. The summed E-state index contributed by atoms with van der Waals surface area (Å²) in [6.45, 7) is 17.6. The summed E-state index contributed by atoms with van der Waals surface area (Å²) in [6, 6.07) is 27.4. The topological polar surface area (TPSA) is 84.4 Å². The molecule has 0 unspecified atom stereocenters. The lowest BCUT2D eigenvalue weighted by Crippen LogP contribution is -2.47. The van der Waals surface area contributed by atoms with E-state index in [1.807, 2.05) is 139 Å². The van der Waals surface area contributed by atoms with Crippen molar-refractivity contribution in [2.45, 2.75) is 88.0 Å². The van der Waals surface area contributed by atoms with Crippen LogP contribution in [0.2, 0.25) is 0 Å². The van der Waals surface area contributed by atoms with Crippen molar-refractivity contribution in [2.75, 3.05) is 21.8 Å². The second kappa shape index (κ2) is 30.2. The molecule has 0 atom stereocenters. The van der Waals surface area contributed by atoms with Crippen molar-refractivity contribution >= 4 is 35.3 Å². The van der Waals surface area contributed by atoms with Crippen LogP contribution in [0.1, 0.15) is 88.0 Å². The van der Waals surface area contributed by atoms with Crippen molar-refractivity contribution < 1.29 is 19.5 Å². The van der Waals surface area contributed by atoms with Gasteiger partial charge in [-0.3, -0.25) is 19.4 Å². The maximum Gasteiger partial charge on any atom is 0.273 e. The predicted molar refractivity (Wildman–Crippen MR) is 225 cm³/mol. The minimum Gasteiger partial charge on any atom is -0.375 e. The van der Waals surface area contributed by atoms with Gasteiger partial charge in [0.15, 0.2) is 0 Å². The summed E-state index contributed by atoms with van der Waals surface area (Å²) in [5, 5.41) is 15.9. The summed E-state index contributed by atoms with van der Waals surface area (Å²) in [6.07, 6.45) is 17.7. The second-order valence-corrected chi connectivity index (χ2v) is 10.5. The van der Waals surface area contributed by atoms with Crippen LogP contribution < -0.4 is 15.0 Å². The van der Waals surface area contributed by atoms with Crippen molar-refractivity contribution in [1.82, 2.24) is 5.01 Å². The summed E-state index contributed by atoms with van der Waals surface area (Å²) in [5.41, 5.74) is 3.03. The number of allylic oxidation sites excluding steroid dienone is 8. The van der Waals surface area contributed by atoms with Gasteiger partial charge in [-0.1, -0.05) is 159 Å². The van der Waals surface area contributed by atoms with Gasteiger partial charge in [-0.2, -0.15) is 0 Å². The van der Waals surface area contributed by atoms with Crippen molar-refractivity contribution in [2.24, 2.45) is 0 Å². The summed E-state index contributed by atoms with van der Waals surface area (Å²) < 4.78 is 0. The van der Waals surface area contributed by atoms with Crippen LogP contribution in [-0.2, 0) is 14.4 Å². The van der Waals surface area contributed by atoms with Crippen molar-refractivity contribution in [3.8, 4) is 0 Å². The highest BCUT2D eigenvalue weighted by atomic mass is 16.3. The Kier molecular flexibility index (Phi) is 27.1. The molecule has 8 nitrogen and oxygen atoms in total. The average molecular weight is 723 g/mol. The Balaban J connectivity index is 0.00000277. The van der Waals surface area contributed by atoms with Crippen LogP contribution in [0.3, 0.4) is 0 Å². The largest absolute Gasteiger partial charge is 0.375 e. The monoisotopic (exact) mass is 722 g/mol. The smallest absolute Gasteiger partial charge is 0.273 e. The third kappa shape index (κ3) is 16.2. The predicted octanol–water partition coefficient (Wildman–Crippen LogP) is 11.0. The van der Waals surface area contributed by atoms with Crippen LogP contribution in [0.4, 0.5) is 17.1 Å². The number of nitrogens with zero attached hydrogens (tertiary/aromatic N) is 4. The van der Waals surface area contributed by atoms with Crippen molar-refractivity contribution in [1.29, 1.82) is 0 Å². The molecule has 0 saturated carbocycles. The van der Waals surface area contributed by atoms with Gasteiger partial charge in [0.05, 0.1) is 17.1 Å². The SMILES string of the molecule is CC.CC.CC.CCC.C\C(=C/C=C/C=C/CC(=O)N(c1ccccc1)N(CO)c1ccccc1)C(=O)N(c1ccccc1)N(C=O)C1=CC=CCC1. The van der Waals surface area contributed by atoms with Crippen molar-refractivity contribution in [3.05, 3.63) is 151 Å². The molecule has 286 valence electrons. The number of hydrogen-bond donors (Lipinski definition) is 1. The van der Waals surface area contributed by atoms with Gasteiger partial charge in [-0.15, -0.1) is 0 Å². The number of amides is 3. The molecule has 0 aliphatic heterocycles. The van der Waals surface area contributed by atoms with Gasteiger partial charge in [0.1, 0.15) is 6.73 Å². The number of rotatable bonds is 13. The van der Waals surface area contributed by atoms with Crippen LogP contribution in [0.25, 0.3) is 0 Å². The summed E-state index contributed by atoms with van der Waals surface area (Å²) >= 11 is 0. The number of para-hydroxylation sites is 3. The Labute approximate surface area is 319 Å². The Morgan fingerprint density at radius 3 is 1.66 bits per heavy atom. The minimum atomic E-state index is -0.387. The molecule has 8 heteroatoms. The number of carbonyl (C=O) groups is 3. The zero-order valence-corrected chi connectivity index (χ0v) is 33.4. The Bertz CT molecular complexity index is 1570. The first kappa shape index (κ1) is 47.5. The lowest BCUT2D eigenvalue weighted by molar-refractivity contribution is -0.124. The zero-order chi connectivity index (χ0) is 39.9. The average Bonchev–Trinajstić information content (AvgIpc) is 3.23. The molecule has 3 aromatic carbocycles. The first-order valence-electron chi connectivity index (χ1n) is 18.8.